The van der Waals surface area contributed by atoms with E-state index < -0.39 is 6.10 Å². The SMILES string of the molecule is CC(Oc1cccc(Cl)c1Cl)C(=O)N1CCC2(CCNC2)CC1.Cl. The van der Waals surface area contributed by atoms with Gasteiger partial charge >= 0.3 is 0 Å². The van der Waals surface area contributed by atoms with Gasteiger partial charge in [-0.2, -0.15) is 0 Å². The van der Waals surface area contributed by atoms with Crippen LogP contribution in [0.15, 0.2) is 18.2 Å². The fraction of sp³-hybridized carbons (Fsp3) is 0.588. The second kappa shape index (κ2) is 8.13. The Morgan fingerprint density at radius 1 is 1.29 bits per heavy atom. The van der Waals surface area contributed by atoms with E-state index in [9.17, 15) is 4.79 Å². The topological polar surface area (TPSA) is 41.6 Å². The predicted octanol–water partition coefficient (Wildman–Crippen LogP) is 3.78. The van der Waals surface area contributed by atoms with Crippen LogP contribution in [0.3, 0.4) is 0 Å². The molecule has 2 heterocycles. The van der Waals surface area contributed by atoms with Crippen molar-refractivity contribution in [2.45, 2.75) is 32.3 Å². The van der Waals surface area contributed by atoms with Crippen molar-refractivity contribution < 1.29 is 9.53 Å². The van der Waals surface area contributed by atoms with Gasteiger partial charge in [-0.1, -0.05) is 29.3 Å². The summed E-state index contributed by atoms with van der Waals surface area (Å²) in [5.74, 6) is 0.468. The Hall–Kier alpha value is -0.680. The zero-order chi connectivity index (χ0) is 16.4. The van der Waals surface area contributed by atoms with E-state index in [0.29, 0.717) is 21.2 Å². The number of carbonyl (C=O) groups excluding carboxylic acids is 1. The van der Waals surface area contributed by atoms with E-state index in [2.05, 4.69) is 5.32 Å². The Morgan fingerprint density at radius 3 is 2.62 bits per heavy atom. The number of amides is 1. The van der Waals surface area contributed by atoms with Crippen LogP contribution in [0.2, 0.25) is 10.0 Å². The number of ether oxygens (including phenoxy) is 1. The third-order valence-electron chi connectivity index (χ3n) is 5.04. The zero-order valence-corrected chi connectivity index (χ0v) is 16.0. The Bertz CT molecular complexity index is 581. The molecule has 0 aromatic heterocycles. The van der Waals surface area contributed by atoms with Crippen molar-refractivity contribution in [3.8, 4) is 5.75 Å². The van der Waals surface area contributed by atoms with Gasteiger partial charge in [-0.3, -0.25) is 4.79 Å². The first-order valence-corrected chi connectivity index (χ1v) is 8.87. The summed E-state index contributed by atoms with van der Waals surface area (Å²) in [4.78, 5) is 14.5. The van der Waals surface area contributed by atoms with Crippen molar-refractivity contribution in [3.05, 3.63) is 28.2 Å². The maximum Gasteiger partial charge on any atom is 0.263 e. The van der Waals surface area contributed by atoms with Gasteiger partial charge in [-0.05, 0) is 50.3 Å². The molecule has 1 N–H and O–H groups in total. The number of hydrogen-bond acceptors (Lipinski definition) is 3. The van der Waals surface area contributed by atoms with Crippen molar-refractivity contribution in [2.24, 2.45) is 5.41 Å². The lowest BCUT2D eigenvalue weighted by Gasteiger charge is -2.39. The number of nitrogens with zero attached hydrogens (tertiary/aromatic N) is 1. The average molecular weight is 394 g/mol. The molecule has 2 aliphatic rings. The highest BCUT2D eigenvalue weighted by molar-refractivity contribution is 6.42. The van der Waals surface area contributed by atoms with Crippen LogP contribution < -0.4 is 10.1 Å². The lowest BCUT2D eigenvalue weighted by molar-refractivity contribution is -0.140. The van der Waals surface area contributed by atoms with Gasteiger partial charge in [0.25, 0.3) is 5.91 Å². The fourth-order valence-electron chi connectivity index (χ4n) is 3.50. The normalized spacial score (nSPS) is 20.5. The standard InChI is InChI=1S/C17H22Cl2N2O2.ClH/c1-12(23-14-4-2-3-13(18)15(14)19)16(22)21-9-6-17(7-10-21)5-8-20-11-17;/h2-4,12,20H,5-11H2,1H3;1H. The number of piperidine rings is 1. The summed E-state index contributed by atoms with van der Waals surface area (Å²) in [7, 11) is 0. The molecule has 134 valence electrons. The van der Waals surface area contributed by atoms with Crippen molar-refractivity contribution in [1.82, 2.24) is 10.2 Å². The van der Waals surface area contributed by atoms with Crippen molar-refractivity contribution in [3.63, 3.8) is 0 Å². The first-order valence-electron chi connectivity index (χ1n) is 8.11. The number of hydrogen-bond donors (Lipinski definition) is 1. The highest BCUT2D eigenvalue weighted by Crippen LogP contribution is 2.37. The molecule has 1 spiro atoms. The van der Waals surface area contributed by atoms with Crippen LogP contribution in [0, 0.1) is 5.41 Å². The van der Waals surface area contributed by atoms with Gasteiger partial charge in [0.1, 0.15) is 10.8 Å². The fourth-order valence-corrected chi connectivity index (χ4v) is 3.83. The third-order valence-corrected chi connectivity index (χ3v) is 5.84. The lowest BCUT2D eigenvalue weighted by atomic mass is 9.78. The summed E-state index contributed by atoms with van der Waals surface area (Å²) < 4.78 is 5.74. The molecule has 3 rings (SSSR count). The number of carbonyl (C=O) groups is 1. The second-order valence-corrected chi connectivity index (χ2v) is 7.35. The molecule has 1 atom stereocenters. The highest BCUT2D eigenvalue weighted by atomic mass is 35.5. The first kappa shape index (κ1) is 19.6. The summed E-state index contributed by atoms with van der Waals surface area (Å²) in [5.41, 5.74) is 0.400. The van der Waals surface area contributed by atoms with Crippen molar-refractivity contribution in [1.29, 1.82) is 0 Å². The van der Waals surface area contributed by atoms with Gasteiger partial charge in [-0.25, -0.2) is 0 Å². The molecular formula is C17H23Cl3N2O2. The van der Waals surface area contributed by atoms with E-state index >= 15 is 0 Å². The number of rotatable bonds is 3. The maximum absolute atomic E-state index is 12.6. The van der Waals surface area contributed by atoms with Crippen LogP contribution in [-0.2, 0) is 4.79 Å². The van der Waals surface area contributed by atoms with E-state index in [-0.39, 0.29) is 18.3 Å². The van der Waals surface area contributed by atoms with Crippen LogP contribution in [0.5, 0.6) is 5.75 Å². The van der Waals surface area contributed by atoms with Crippen molar-refractivity contribution in [2.75, 3.05) is 26.2 Å². The minimum Gasteiger partial charge on any atom is -0.479 e. The average Bonchev–Trinajstić information content (AvgIpc) is 3.00. The van der Waals surface area contributed by atoms with Gasteiger partial charge < -0.3 is 15.0 Å². The molecule has 2 aliphatic heterocycles. The predicted molar refractivity (Wildman–Crippen MR) is 99.5 cm³/mol. The van der Waals surface area contributed by atoms with Crippen LogP contribution in [0.1, 0.15) is 26.2 Å². The molecular weight excluding hydrogens is 371 g/mol. The monoisotopic (exact) mass is 392 g/mol. The molecule has 2 saturated heterocycles. The van der Waals surface area contributed by atoms with Gasteiger partial charge in [0, 0.05) is 19.6 Å². The molecule has 1 amide bonds. The van der Waals surface area contributed by atoms with E-state index in [4.69, 9.17) is 27.9 Å². The number of likely N-dealkylation sites (tertiary alicyclic amines) is 1. The maximum atomic E-state index is 12.6. The molecule has 24 heavy (non-hydrogen) atoms. The largest absolute Gasteiger partial charge is 0.479 e. The first-order chi connectivity index (χ1) is 11.0. The van der Waals surface area contributed by atoms with E-state index in [1.165, 1.54) is 6.42 Å². The minimum absolute atomic E-state index is 0. The van der Waals surface area contributed by atoms with Gasteiger partial charge in [0.2, 0.25) is 0 Å². The number of nitrogens with one attached hydrogen (secondary N) is 1. The number of halogens is 3. The Labute approximate surface area is 159 Å². The van der Waals surface area contributed by atoms with Crippen LogP contribution in [0.4, 0.5) is 0 Å². The zero-order valence-electron chi connectivity index (χ0n) is 13.7. The Kier molecular flexibility index (Phi) is 6.66. The molecule has 0 aliphatic carbocycles. The van der Waals surface area contributed by atoms with Crippen LogP contribution in [-0.4, -0.2) is 43.1 Å². The highest BCUT2D eigenvalue weighted by Gasteiger charge is 2.38. The number of benzene rings is 1. The minimum atomic E-state index is -0.568. The van der Waals surface area contributed by atoms with Gasteiger partial charge in [-0.15, -0.1) is 12.4 Å². The van der Waals surface area contributed by atoms with Crippen LogP contribution >= 0.6 is 35.6 Å². The smallest absolute Gasteiger partial charge is 0.263 e. The molecule has 4 nitrogen and oxygen atoms in total. The van der Waals surface area contributed by atoms with E-state index in [1.807, 2.05) is 4.90 Å². The van der Waals surface area contributed by atoms with Gasteiger partial charge in [0.15, 0.2) is 6.10 Å². The van der Waals surface area contributed by atoms with E-state index in [1.54, 1.807) is 25.1 Å². The lowest BCUT2D eigenvalue weighted by Crippen LogP contribution is -2.48. The quantitative estimate of drug-likeness (QED) is 0.849. The Balaban J connectivity index is 0.00000208. The van der Waals surface area contributed by atoms with Crippen molar-refractivity contribution >= 4 is 41.5 Å². The van der Waals surface area contributed by atoms with E-state index in [0.717, 1.165) is 39.0 Å². The van der Waals surface area contributed by atoms with Crippen LogP contribution in [0.25, 0.3) is 0 Å². The Morgan fingerprint density at radius 2 is 2.00 bits per heavy atom. The molecule has 1 aromatic carbocycles. The summed E-state index contributed by atoms with van der Waals surface area (Å²) >= 11 is 12.1. The summed E-state index contributed by atoms with van der Waals surface area (Å²) in [6.45, 7) is 5.55. The molecule has 0 bridgehead atoms. The molecule has 1 aromatic rings. The second-order valence-electron chi connectivity index (χ2n) is 6.56. The summed E-state index contributed by atoms with van der Waals surface area (Å²) in [5, 5.41) is 4.22. The molecule has 0 radical (unpaired) electrons. The summed E-state index contributed by atoms with van der Waals surface area (Å²) in [6, 6.07) is 5.19. The summed E-state index contributed by atoms with van der Waals surface area (Å²) in [6.07, 6.45) is 2.79. The molecule has 2 fully saturated rings. The molecule has 0 saturated carbocycles. The molecule has 1 unspecified atom stereocenters. The van der Waals surface area contributed by atoms with Gasteiger partial charge in [0.05, 0.1) is 5.02 Å². The molecule has 7 heteroatoms. The third kappa shape index (κ3) is 4.10.